The van der Waals surface area contributed by atoms with Crippen LogP contribution >= 0.6 is 0 Å². The lowest BCUT2D eigenvalue weighted by Crippen LogP contribution is -1.91. The Morgan fingerprint density at radius 3 is 1.04 bits per heavy atom. The molecular formula is C107H100N12. The van der Waals surface area contributed by atoms with Crippen LogP contribution in [0.4, 0.5) is 0 Å². The fraction of sp³-hybridized carbons (Fsp3) is 0.196. The molecule has 0 fully saturated rings. The summed E-state index contributed by atoms with van der Waals surface area (Å²) in [6.07, 6.45) is 9.48. The monoisotopic (exact) mass is 1550 g/mol. The molecule has 0 aliphatic rings. The van der Waals surface area contributed by atoms with Crippen LogP contribution in [0.5, 0.6) is 0 Å². The number of hydrogen-bond donors (Lipinski definition) is 0. The van der Waals surface area contributed by atoms with Gasteiger partial charge in [0.1, 0.15) is 0 Å². The average Bonchev–Trinajstić information content (AvgIpc) is 0.765. The van der Waals surface area contributed by atoms with Crippen LogP contribution < -0.4 is 0 Å². The maximum absolute atomic E-state index is 4.74. The molecule has 0 aliphatic carbocycles. The number of nitrogens with zero attached hydrogens (tertiary/aromatic N) is 12. The van der Waals surface area contributed by atoms with Gasteiger partial charge < -0.3 is 0 Å². The van der Waals surface area contributed by atoms with Crippen molar-refractivity contribution in [3.05, 3.63) is 343 Å². The topological polar surface area (TPSA) is 155 Å². The van der Waals surface area contributed by atoms with E-state index in [2.05, 4.69) is 330 Å². The van der Waals surface area contributed by atoms with E-state index in [-0.39, 0.29) is 0 Å². The minimum atomic E-state index is 0.996. The quantitative estimate of drug-likeness (QED) is 0.105. The number of aryl methyl sites for hydroxylation is 21. The first-order valence-electron chi connectivity index (χ1n) is 40.8. The van der Waals surface area contributed by atoms with Crippen LogP contribution in [0.3, 0.4) is 0 Å². The van der Waals surface area contributed by atoms with Crippen molar-refractivity contribution >= 4 is 153 Å². The molecule has 0 bridgehead atoms. The van der Waals surface area contributed by atoms with Crippen molar-refractivity contribution in [2.24, 2.45) is 0 Å². The predicted molar refractivity (Wildman–Crippen MR) is 503 cm³/mol. The second-order valence-electron chi connectivity index (χ2n) is 32.4. The standard InChI is InChI=1S/2C16H15N.5C15H14N2/c1-10-4-5-15-13(6-10)9-14-7-11(2)12(3)8-16(14)17-15;1-10-4-5-13-9-14-7-11(2)12(3)8-16(14)17-15(13)6-10;1-9-6-12-4-5-13-7-10(2)11(3)17-15(13)14(12)16-8-9;1-9-8-16-15-13(11(9)3)7-6-12-5-4-10(2)17-14(12)15;1-9-8-13-7-6-12-5-4-10(2)16-14(12)15(13)17-11(9)3;1-9-6-7-16-14-12(9)4-5-13-11(3)10(2)8-17-15(13)14;1-9-6-7-16-15-13(9)5-4-12-8-10(2)11(3)17-14(12)15/h2*4-9H,1-3H3;5*4-8H,1-3H3. The number of pyridine rings is 12. The summed E-state index contributed by atoms with van der Waals surface area (Å²) in [5.41, 5.74) is 39.9. The molecule has 12 heteroatoms. The first kappa shape index (κ1) is 80.6. The lowest BCUT2D eigenvalue weighted by molar-refractivity contribution is 1.19. The summed E-state index contributed by atoms with van der Waals surface area (Å²) < 4.78 is 0. The van der Waals surface area contributed by atoms with Crippen LogP contribution in [0.25, 0.3) is 153 Å². The van der Waals surface area contributed by atoms with E-state index in [0.717, 1.165) is 127 Å². The van der Waals surface area contributed by atoms with Crippen molar-refractivity contribution in [2.75, 3.05) is 0 Å². The molecule has 12 nitrogen and oxygen atoms in total. The minimum absolute atomic E-state index is 0.996. The van der Waals surface area contributed by atoms with E-state index in [1.807, 2.05) is 89.9 Å². The van der Waals surface area contributed by atoms with Crippen molar-refractivity contribution < 1.29 is 0 Å². The van der Waals surface area contributed by atoms with Crippen LogP contribution in [0.1, 0.15) is 117 Å². The number of rotatable bonds is 0. The van der Waals surface area contributed by atoms with Crippen LogP contribution in [0.15, 0.2) is 225 Å². The normalized spacial score (nSPS) is 11.2. The van der Waals surface area contributed by atoms with Gasteiger partial charge in [-0.3, -0.25) is 49.8 Å². The number of hydrogen-bond acceptors (Lipinski definition) is 12. The van der Waals surface area contributed by atoms with Gasteiger partial charge >= 0.3 is 0 Å². The Kier molecular flexibility index (Phi) is 22.7. The second kappa shape index (κ2) is 33.6. The Labute approximate surface area is 696 Å². The van der Waals surface area contributed by atoms with Gasteiger partial charge in [-0.15, -0.1) is 0 Å². The lowest BCUT2D eigenvalue weighted by atomic mass is 10.0. The molecule has 119 heavy (non-hydrogen) atoms. The third kappa shape index (κ3) is 16.9. The number of aromatic nitrogens is 12. The predicted octanol–water partition coefficient (Wildman–Crippen LogP) is 27.2. The zero-order chi connectivity index (χ0) is 83.9. The molecule has 588 valence electrons. The Morgan fingerprint density at radius 2 is 0.496 bits per heavy atom. The van der Waals surface area contributed by atoms with Crippen molar-refractivity contribution in [1.29, 1.82) is 0 Å². The zero-order valence-electron chi connectivity index (χ0n) is 72.2. The molecule has 0 unspecified atom stereocenters. The van der Waals surface area contributed by atoms with E-state index >= 15 is 0 Å². The van der Waals surface area contributed by atoms with Gasteiger partial charge in [-0.1, -0.05) is 96.6 Å². The van der Waals surface area contributed by atoms with Gasteiger partial charge in [0.2, 0.25) is 0 Å². The summed E-state index contributed by atoms with van der Waals surface area (Å²) >= 11 is 0. The molecule has 9 aromatic carbocycles. The molecule has 0 aliphatic heterocycles. The molecule has 0 amide bonds. The molecule has 0 radical (unpaired) electrons. The fourth-order valence-electron chi connectivity index (χ4n) is 15.3. The van der Waals surface area contributed by atoms with Crippen molar-refractivity contribution in [3.63, 3.8) is 0 Å². The first-order valence-corrected chi connectivity index (χ1v) is 40.8. The highest BCUT2D eigenvalue weighted by Gasteiger charge is 2.14. The summed E-state index contributed by atoms with van der Waals surface area (Å²) in [6.45, 7) is 44.0. The van der Waals surface area contributed by atoms with Gasteiger partial charge in [-0.05, 0) is 332 Å². The second-order valence-corrected chi connectivity index (χ2v) is 32.4. The Balaban J connectivity index is 0.000000108. The fourth-order valence-corrected chi connectivity index (χ4v) is 15.3. The summed E-state index contributed by atoms with van der Waals surface area (Å²) in [5, 5.41) is 16.6. The van der Waals surface area contributed by atoms with Crippen molar-refractivity contribution in [2.45, 2.75) is 145 Å². The minimum Gasteiger partial charge on any atom is -0.254 e. The molecule has 0 N–H and O–H groups in total. The number of fused-ring (bicyclic) bond motifs is 19. The summed E-state index contributed by atoms with van der Waals surface area (Å²) in [6, 6.07) is 68.4. The van der Waals surface area contributed by atoms with Crippen LogP contribution in [0.2, 0.25) is 0 Å². The number of benzene rings is 9. The highest BCUT2D eigenvalue weighted by molar-refractivity contribution is 6.08. The van der Waals surface area contributed by atoms with Gasteiger partial charge in [0.15, 0.2) is 0 Å². The molecule has 21 aromatic rings. The van der Waals surface area contributed by atoms with Gasteiger partial charge in [0.25, 0.3) is 0 Å². The van der Waals surface area contributed by atoms with Gasteiger partial charge in [0.05, 0.1) is 77.2 Å². The van der Waals surface area contributed by atoms with E-state index in [0.29, 0.717) is 0 Å². The Hall–Kier alpha value is -13.6. The summed E-state index contributed by atoms with van der Waals surface area (Å²) in [7, 11) is 0. The van der Waals surface area contributed by atoms with Crippen molar-refractivity contribution in [1.82, 2.24) is 59.8 Å². The van der Waals surface area contributed by atoms with Gasteiger partial charge in [0, 0.05) is 135 Å². The van der Waals surface area contributed by atoms with Crippen LogP contribution in [0, 0.1) is 145 Å². The van der Waals surface area contributed by atoms with Gasteiger partial charge in [-0.2, -0.15) is 0 Å². The summed E-state index contributed by atoms with van der Waals surface area (Å²) in [4.78, 5) is 55.3. The lowest BCUT2D eigenvalue weighted by Gasteiger charge is -2.08. The molecular weight excluding hydrogens is 1450 g/mol. The summed E-state index contributed by atoms with van der Waals surface area (Å²) in [5.74, 6) is 0. The Morgan fingerprint density at radius 1 is 0.168 bits per heavy atom. The first-order chi connectivity index (χ1) is 57.1. The molecule has 12 heterocycles. The highest BCUT2D eigenvalue weighted by Crippen LogP contribution is 2.33. The third-order valence-electron chi connectivity index (χ3n) is 23.4. The molecule has 12 aromatic heterocycles. The molecule has 0 atom stereocenters. The van der Waals surface area contributed by atoms with E-state index in [1.54, 1.807) is 0 Å². The average molecular weight is 1550 g/mol. The van der Waals surface area contributed by atoms with Gasteiger partial charge in [-0.25, -0.2) is 9.97 Å². The Bertz CT molecular complexity index is 7250. The molecule has 0 spiro atoms. The smallest absolute Gasteiger partial charge is 0.0968 e. The van der Waals surface area contributed by atoms with Crippen molar-refractivity contribution in [3.8, 4) is 0 Å². The molecule has 0 saturated carbocycles. The largest absolute Gasteiger partial charge is 0.254 e. The van der Waals surface area contributed by atoms with E-state index in [9.17, 15) is 0 Å². The maximum atomic E-state index is 4.74. The SMILES string of the molecule is Cc1cc2ccc3c(C)ccnc3c2nc1C.Cc1ccc2cc3cc(C)c(C)cc3nc2c1.Cc1ccc2ccc3c(C)c(C)cnc3c2n1.Cc1ccc2ccc3cc(C)c(C)nc3c2n1.Cc1ccc2nc3cc(C)c(C)cc3cc2c1.Cc1cnc2c(ccc3c(C)ccnc32)c1C.Cc1cnc2c(ccc3cc(C)c(C)nc32)c1. The highest BCUT2D eigenvalue weighted by atomic mass is 14.8. The third-order valence-corrected chi connectivity index (χ3v) is 23.4. The van der Waals surface area contributed by atoms with Crippen LogP contribution in [-0.4, -0.2) is 59.8 Å². The maximum Gasteiger partial charge on any atom is 0.0968 e. The van der Waals surface area contributed by atoms with E-state index < -0.39 is 0 Å². The van der Waals surface area contributed by atoms with Crippen LogP contribution in [-0.2, 0) is 0 Å². The van der Waals surface area contributed by atoms with E-state index in [1.165, 1.54) is 143 Å². The molecule has 21 rings (SSSR count). The van der Waals surface area contributed by atoms with E-state index in [4.69, 9.17) is 9.97 Å². The molecule has 0 saturated heterocycles. The zero-order valence-corrected chi connectivity index (χ0v) is 72.2.